The van der Waals surface area contributed by atoms with E-state index in [9.17, 15) is 0 Å². The molecule has 0 aliphatic heterocycles. The number of nitrogens with zero attached hydrogens (tertiary/aromatic N) is 2. The Balaban J connectivity index is 0.000000336. The molecule has 0 N–H and O–H groups in total. The van der Waals surface area contributed by atoms with E-state index in [2.05, 4.69) is 184 Å². The van der Waals surface area contributed by atoms with Crippen LogP contribution in [0.1, 0.15) is 11.1 Å². The average Bonchev–Trinajstić information content (AvgIpc) is 3.58. The van der Waals surface area contributed by atoms with Gasteiger partial charge in [0.05, 0.1) is 0 Å². The second-order valence-electron chi connectivity index (χ2n) is 12.0. The van der Waals surface area contributed by atoms with Gasteiger partial charge >= 0.3 is 62.6 Å². The maximum atomic E-state index is 5.48. The Hall–Kier alpha value is -0.840. The molecule has 0 atom stereocenters. The van der Waals surface area contributed by atoms with Crippen LogP contribution in [0.15, 0.2) is 121 Å². The molecular formula is C40H50Cl2I2N2SiZr-2. The molecule has 48 heavy (non-hydrogen) atoms. The van der Waals surface area contributed by atoms with Gasteiger partial charge in [-0.05, 0) is 53.4 Å². The van der Waals surface area contributed by atoms with E-state index in [-0.39, 0.29) is 0 Å². The molecule has 0 saturated carbocycles. The quantitative estimate of drug-likeness (QED) is 0.0969. The first-order chi connectivity index (χ1) is 22.6. The summed E-state index contributed by atoms with van der Waals surface area (Å²) in [6.45, 7) is 8.60. The van der Waals surface area contributed by atoms with Crippen LogP contribution in [0.5, 0.6) is 0 Å². The van der Waals surface area contributed by atoms with E-state index in [1.165, 1.54) is 54.9 Å². The Kier molecular flexibility index (Phi) is 22.9. The summed E-state index contributed by atoms with van der Waals surface area (Å²) in [5.41, 5.74) is 7.89. The van der Waals surface area contributed by atoms with Gasteiger partial charge in [0.1, 0.15) is 0 Å². The van der Waals surface area contributed by atoms with E-state index in [1.54, 1.807) is 0 Å². The summed E-state index contributed by atoms with van der Waals surface area (Å²) in [7, 11) is 21.7. The molecule has 6 aromatic carbocycles. The van der Waals surface area contributed by atoms with Gasteiger partial charge in [0.15, 0.2) is 0 Å². The molecule has 0 amide bonds. The van der Waals surface area contributed by atoms with Crippen LogP contribution < -0.4 is 0 Å². The van der Waals surface area contributed by atoms with Crippen molar-refractivity contribution in [3.63, 3.8) is 0 Å². The van der Waals surface area contributed by atoms with Gasteiger partial charge in [-0.2, -0.15) is 12.1 Å². The van der Waals surface area contributed by atoms with Crippen molar-refractivity contribution >= 4 is 84.2 Å². The molecule has 8 heteroatoms. The van der Waals surface area contributed by atoms with E-state index in [0.29, 0.717) is 0 Å². The van der Waals surface area contributed by atoms with Crippen molar-refractivity contribution < 1.29 is 9.50 Å². The van der Waals surface area contributed by atoms with Crippen molar-refractivity contribution in [2.24, 2.45) is 0 Å². The molecule has 0 heterocycles. The Morgan fingerprint density at radius 3 is 1.08 bits per heavy atom. The van der Waals surface area contributed by atoms with Gasteiger partial charge in [0.25, 0.3) is 0 Å². The van der Waals surface area contributed by atoms with Crippen molar-refractivity contribution in [3.05, 3.63) is 132 Å². The van der Waals surface area contributed by atoms with Crippen LogP contribution in [0.3, 0.4) is 0 Å². The molecule has 2 radical (unpaired) electrons. The summed E-state index contributed by atoms with van der Waals surface area (Å²) >= 11 is 4.21. The zero-order valence-corrected chi connectivity index (χ0v) is 39.2. The van der Waals surface area contributed by atoms with Gasteiger partial charge in [-0.3, -0.25) is 0 Å². The normalized spacial score (nSPS) is 10.3. The molecule has 0 bridgehead atoms. The average molecular weight is 1000 g/mol. The first-order valence-corrected chi connectivity index (χ1v) is 38.5. The van der Waals surface area contributed by atoms with E-state index in [0.717, 1.165) is 9.52 Å². The fraction of sp³-hybridized carbons (Fsp3) is 0.250. The number of rotatable bonds is 2. The van der Waals surface area contributed by atoms with Gasteiger partial charge in [-0.1, -0.05) is 111 Å². The molecule has 258 valence electrons. The summed E-state index contributed by atoms with van der Waals surface area (Å²) in [4.78, 5) is 4.00. The summed E-state index contributed by atoms with van der Waals surface area (Å²) < 4.78 is 0. The van der Waals surface area contributed by atoms with E-state index >= 15 is 0 Å². The minimum atomic E-state index is -2.30. The number of fused-ring (bicyclic) bond motifs is 2. The Bertz CT molecular complexity index is 1580. The maximum absolute atomic E-state index is 5.48. The topological polar surface area (TPSA) is 6.48 Å². The van der Waals surface area contributed by atoms with Crippen molar-refractivity contribution in [3.8, 4) is 22.3 Å². The van der Waals surface area contributed by atoms with Crippen molar-refractivity contribution in [2.75, 3.05) is 42.3 Å². The van der Waals surface area contributed by atoms with E-state index < -0.39 is 9.50 Å². The summed E-state index contributed by atoms with van der Waals surface area (Å²) in [5, 5.41) is 5.37. The van der Waals surface area contributed by atoms with Gasteiger partial charge in [0, 0.05) is 9.52 Å². The molecule has 6 rings (SSSR count). The molecule has 0 spiro atoms. The summed E-state index contributed by atoms with van der Waals surface area (Å²) in [6, 6.07) is 43.1. The zero-order chi connectivity index (χ0) is 36.3. The van der Waals surface area contributed by atoms with Crippen LogP contribution in [0, 0.1) is 13.8 Å². The molecule has 0 fully saturated rings. The number of halogens is 4. The number of hydrogen-bond donors (Lipinski definition) is 0. The van der Waals surface area contributed by atoms with Gasteiger partial charge in [-0.25, -0.2) is 0 Å². The second-order valence-corrected chi connectivity index (χ2v) is 69.4. The molecule has 6 aromatic rings. The zero-order valence-electron chi connectivity index (χ0n) is 30.0. The van der Waals surface area contributed by atoms with Crippen LogP contribution in [0.2, 0.25) is 13.1 Å². The van der Waals surface area contributed by atoms with Gasteiger partial charge < -0.3 is 9.80 Å². The Morgan fingerprint density at radius 1 is 0.542 bits per heavy atom. The summed E-state index contributed by atoms with van der Waals surface area (Å²) in [5.74, 6) is 0. The monoisotopic (exact) mass is 1000 g/mol. The van der Waals surface area contributed by atoms with Gasteiger partial charge in [0.2, 0.25) is 0 Å². The number of aryl methyl sites for hydroxylation is 2. The Labute approximate surface area is 323 Å². The number of benzene rings is 4. The van der Waals surface area contributed by atoms with Crippen molar-refractivity contribution in [1.29, 1.82) is 0 Å². The van der Waals surface area contributed by atoms with E-state index in [1.807, 2.05) is 52.1 Å². The minimum absolute atomic E-state index is 1.08. The molecule has 0 aliphatic carbocycles. The molecule has 0 unspecified atom stereocenters. The predicted molar refractivity (Wildman–Crippen MR) is 236 cm³/mol. The number of hydrogen-bond acceptors (Lipinski definition) is 2. The first-order valence-electron chi connectivity index (χ1n) is 15.6. The Morgan fingerprint density at radius 2 is 0.812 bits per heavy atom. The third-order valence-corrected chi connectivity index (χ3v) is 5.96. The third-order valence-electron chi connectivity index (χ3n) is 5.96. The van der Waals surface area contributed by atoms with Crippen LogP contribution >= 0.6 is 53.1 Å². The van der Waals surface area contributed by atoms with Crippen molar-refractivity contribution in [1.82, 2.24) is 9.80 Å². The van der Waals surface area contributed by atoms with Crippen molar-refractivity contribution in [2.45, 2.75) is 26.9 Å². The standard InChI is InChI=1S/2C16H13.2C3H9N.C2H6Si.2ClH.2HI.Zr/c2*1-12-10-14-8-5-9-15(16(14)11-12)13-6-3-2-4-7-13;2*1-4(2)3;1-3-2;;;;;/h2*2-11H,1H3;2*1-3H3;1-2H3;4*1H;/q2*-1;;;;;;;;+4/p-4. The summed E-state index contributed by atoms with van der Waals surface area (Å²) in [6.07, 6.45) is 0. The van der Waals surface area contributed by atoms with Gasteiger partial charge in [-0.15, -0.1) is 69.1 Å². The second kappa shape index (κ2) is 24.4. The molecular weight excluding hydrogens is 952 g/mol. The molecule has 0 saturated heterocycles. The predicted octanol–water partition coefficient (Wildman–Crippen LogP) is 13.4. The molecule has 0 aliphatic rings. The molecule has 2 nitrogen and oxygen atoms in total. The van der Waals surface area contributed by atoms with Crippen LogP contribution in [-0.2, 0) is 9.50 Å². The van der Waals surface area contributed by atoms with Crippen LogP contribution in [-0.4, -0.2) is 61.6 Å². The fourth-order valence-electron chi connectivity index (χ4n) is 4.51. The fourth-order valence-corrected chi connectivity index (χ4v) is 4.51. The first kappa shape index (κ1) is 45.2. The van der Waals surface area contributed by atoms with Crippen LogP contribution in [0.25, 0.3) is 43.8 Å². The van der Waals surface area contributed by atoms with E-state index in [4.69, 9.17) is 17.0 Å². The van der Waals surface area contributed by atoms with Crippen LogP contribution in [0.4, 0.5) is 0 Å². The SMILES string of the molecule is CN(C)C.CN(C)C.C[Si]C.Cc1cc2c(-c3ccccc3)cccc2[cH-]1.Cc1cc2c(-c3ccccc3)cccc2[cH-]1.[Cl][Zr]([Cl])([I])[I]. The molecule has 0 aromatic heterocycles. The third kappa shape index (κ3) is 19.5.